The molecular weight excluding hydrogens is 266 g/mol. The lowest BCUT2D eigenvalue weighted by molar-refractivity contribution is -0.141. The van der Waals surface area contributed by atoms with Crippen LogP contribution in [0.5, 0.6) is 5.75 Å². The molecule has 0 aliphatic heterocycles. The van der Waals surface area contributed by atoms with Crippen molar-refractivity contribution in [2.24, 2.45) is 5.73 Å². The summed E-state index contributed by atoms with van der Waals surface area (Å²) in [4.78, 5) is 11.3. The first kappa shape index (κ1) is 15.1. The minimum absolute atomic E-state index is 0.151. The van der Waals surface area contributed by atoms with Gasteiger partial charge >= 0.3 is 5.97 Å². The zero-order valence-electron chi connectivity index (χ0n) is 12.0. The second-order valence-electron chi connectivity index (χ2n) is 4.73. The third-order valence-corrected chi connectivity index (χ3v) is 3.15. The molecule has 0 saturated heterocycles. The Balaban J connectivity index is 1.99. The van der Waals surface area contributed by atoms with Gasteiger partial charge in [0, 0.05) is 6.04 Å². The highest BCUT2D eigenvalue weighted by atomic mass is 16.5. The van der Waals surface area contributed by atoms with Crippen LogP contribution in [-0.2, 0) is 16.1 Å². The molecule has 0 fully saturated rings. The lowest BCUT2D eigenvalue weighted by Crippen LogP contribution is -2.16. The van der Waals surface area contributed by atoms with Gasteiger partial charge in [0.25, 0.3) is 0 Å². The quantitative estimate of drug-likeness (QED) is 0.829. The van der Waals surface area contributed by atoms with Crippen LogP contribution in [0.4, 0.5) is 0 Å². The van der Waals surface area contributed by atoms with Crippen LogP contribution in [0.2, 0.25) is 0 Å². The maximum Gasteiger partial charge on any atom is 0.307 e. The van der Waals surface area contributed by atoms with Crippen molar-refractivity contribution in [3.8, 4) is 5.75 Å². The molecule has 21 heavy (non-hydrogen) atoms. The lowest BCUT2D eigenvalue weighted by Gasteiger charge is -2.13. The number of nitrogens with two attached hydrogens (primary N) is 1. The molecule has 0 radical (unpaired) electrons. The standard InChI is InChI=1S/C17H19NO3/c1-20-17(19)11-16(18)14-8-5-9-15(10-14)21-12-13-6-3-2-4-7-13/h2-10,16H,11-12,18H2,1H3/t16-/m0/s1. The van der Waals surface area contributed by atoms with Crippen LogP contribution in [0.25, 0.3) is 0 Å². The summed E-state index contributed by atoms with van der Waals surface area (Å²) in [5, 5.41) is 0. The number of carbonyl (C=O) groups excluding carboxylic acids is 1. The second-order valence-corrected chi connectivity index (χ2v) is 4.73. The largest absolute Gasteiger partial charge is 0.489 e. The van der Waals surface area contributed by atoms with Gasteiger partial charge in [-0.25, -0.2) is 0 Å². The fourth-order valence-corrected chi connectivity index (χ4v) is 1.96. The molecule has 0 aliphatic carbocycles. The fourth-order valence-electron chi connectivity index (χ4n) is 1.96. The van der Waals surface area contributed by atoms with E-state index in [-0.39, 0.29) is 12.4 Å². The van der Waals surface area contributed by atoms with Crippen LogP contribution >= 0.6 is 0 Å². The minimum atomic E-state index is -0.391. The van der Waals surface area contributed by atoms with Gasteiger partial charge in [-0.15, -0.1) is 0 Å². The van der Waals surface area contributed by atoms with Crippen molar-refractivity contribution in [1.29, 1.82) is 0 Å². The molecule has 0 heterocycles. The number of rotatable bonds is 6. The molecule has 0 amide bonds. The Kier molecular flexibility index (Phi) is 5.35. The zero-order valence-corrected chi connectivity index (χ0v) is 12.0. The summed E-state index contributed by atoms with van der Waals surface area (Å²) >= 11 is 0. The van der Waals surface area contributed by atoms with Crippen LogP contribution in [0.15, 0.2) is 54.6 Å². The highest BCUT2D eigenvalue weighted by Crippen LogP contribution is 2.21. The number of hydrogen-bond donors (Lipinski definition) is 1. The van der Waals surface area contributed by atoms with E-state index in [0.29, 0.717) is 6.61 Å². The third kappa shape index (κ3) is 4.61. The molecule has 2 N–H and O–H groups in total. The summed E-state index contributed by atoms with van der Waals surface area (Å²) in [5.74, 6) is 0.412. The average molecular weight is 285 g/mol. The molecule has 2 aromatic rings. The van der Waals surface area contributed by atoms with Gasteiger partial charge in [0.15, 0.2) is 0 Å². The predicted octanol–water partition coefficient (Wildman–Crippen LogP) is 2.83. The Bertz CT molecular complexity index is 584. The van der Waals surface area contributed by atoms with Gasteiger partial charge in [-0.1, -0.05) is 42.5 Å². The first-order valence-electron chi connectivity index (χ1n) is 6.78. The summed E-state index contributed by atoms with van der Waals surface area (Å²) in [6.45, 7) is 0.497. The molecule has 1 atom stereocenters. The van der Waals surface area contributed by atoms with Gasteiger partial charge in [-0.05, 0) is 23.3 Å². The van der Waals surface area contributed by atoms with E-state index in [0.717, 1.165) is 16.9 Å². The summed E-state index contributed by atoms with van der Waals surface area (Å²) in [6, 6.07) is 17.0. The molecule has 0 unspecified atom stereocenters. The van der Waals surface area contributed by atoms with Crippen molar-refractivity contribution >= 4 is 5.97 Å². The minimum Gasteiger partial charge on any atom is -0.489 e. The summed E-state index contributed by atoms with van der Waals surface area (Å²) < 4.78 is 10.4. The van der Waals surface area contributed by atoms with Crippen molar-refractivity contribution in [3.05, 3.63) is 65.7 Å². The van der Waals surface area contributed by atoms with Crippen LogP contribution in [0.3, 0.4) is 0 Å². The Morgan fingerprint density at radius 2 is 1.90 bits per heavy atom. The number of esters is 1. The van der Waals surface area contributed by atoms with E-state index in [9.17, 15) is 4.79 Å². The van der Waals surface area contributed by atoms with Gasteiger partial charge < -0.3 is 15.2 Å². The monoisotopic (exact) mass is 285 g/mol. The van der Waals surface area contributed by atoms with Crippen molar-refractivity contribution < 1.29 is 14.3 Å². The van der Waals surface area contributed by atoms with E-state index in [1.54, 1.807) is 0 Å². The fraction of sp³-hybridized carbons (Fsp3) is 0.235. The average Bonchev–Trinajstić information content (AvgIpc) is 2.54. The van der Waals surface area contributed by atoms with Crippen molar-refractivity contribution in [2.45, 2.75) is 19.1 Å². The predicted molar refractivity (Wildman–Crippen MR) is 80.8 cm³/mol. The Hall–Kier alpha value is -2.33. The highest BCUT2D eigenvalue weighted by Gasteiger charge is 2.12. The molecule has 0 aliphatic rings. The van der Waals surface area contributed by atoms with E-state index < -0.39 is 6.04 Å². The van der Waals surface area contributed by atoms with Gasteiger partial charge in [0.05, 0.1) is 13.5 Å². The number of carbonyl (C=O) groups is 1. The van der Waals surface area contributed by atoms with Crippen LogP contribution in [0.1, 0.15) is 23.6 Å². The van der Waals surface area contributed by atoms with Crippen LogP contribution < -0.4 is 10.5 Å². The summed E-state index contributed by atoms with van der Waals surface area (Å²) in [6.07, 6.45) is 0.151. The van der Waals surface area contributed by atoms with Crippen LogP contribution in [0, 0.1) is 0 Å². The number of benzene rings is 2. The van der Waals surface area contributed by atoms with E-state index in [1.165, 1.54) is 7.11 Å². The van der Waals surface area contributed by atoms with Gasteiger partial charge in [-0.2, -0.15) is 0 Å². The zero-order chi connectivity index (χ0) is 15.1. The molecule has 0 saturated carbocycles. The topological polar surface area (TPSA) is 61.5 Å². The molecular formula is C17H19NO3. The lowest BCUT2D eigenvalue weighted by atomic mass is 10.0. The summed E-state index contributed by atoms with van der Waals surface area (Å²) in [7, 11) is 1.36. The first-order chi connectivity index (χ1) is 10.2. The maximum absolute atomic E-state index is 11.3. The van der Waals surface area contributed by atoms with Crippen LogP contribution in [-0.4, -0.2) is 13.1 Å². The normalized spacial score (nSPS) is 11.7. The Morgan fingerprint density at radius 1 is 1.14 bits per heavy atom. The van der Waals surface area contributed by atoms with Gasteiger partial charge in [0.1, 0.15) is 12.4 Å². The maximum atomic E-state index is 11.3. The molecule has 2 aromatic carbocycles. The Morgan fingerprint density at radius 3 is 2.62 bits per heavy atom. The molecule has 0 spiro atoms. The molecule has 0 bridgehead atoms. The van der Waals surface area contributed by atoms with E-state index >= 15 is 0 Å². The van der Waals surface area contributed by atoms with Crippen molar-refractivity contribution in [1.82, 2.24) is 0 Å². The molecule has 0 aromatic heterocycles. The molecule has 2 rings (SSSR count). The number of methoxy groups -OCH3 is 1. The number of hydrogen-bond acceptors (Lipinski definition) is 4. The molecule has 4 heteroatoms. The molecule has 110 valence electrons. The smallest absolute Gasteiger partial charge is 0.307 e. The van der Waals surface area contributed by atoms with Crippen molar-refractivity contribution in [2.75, 3.05) is 7.11 Å². The highest BCUT2D eigenvalue weighted by molar-refractivity contribution is 5.70. The van der Waals surface area contributed by atoms with E-state index in [2.05, 4.69) is 4.74 Å². The molecule has 4 nitrogen and oxygen atoms in total. The van der Waals surface area contributed by atoms with E-state index in [4.69, 9.17) is 10.5 Å². The summed E-state index contributed by atoms with van der Waals surface area (Å²) in [5.41, 5.74) is 7.94. The van der Waals surface area contributed by atoms with E-state index in [1.807, 2.05) is 54.6 Å². The van der Waals surface area contributed by atoms with Gasteiger partial charge in [0.2, 0.25) is 0 Å². The SMILES string of the molecule is COC(=O)C[C@H](N)c1cccc(OCc2ccccc2)c1. The first-order valence-corrected chi connectivity index (χ1v) is 6.78. The third-order valence-electron chi connectivity index (χ3n) is 3.15. The Labute approximate surface area is 124 Å². The van der Waals surface area contributed by atoms with Crippen molar-refractivity contribution in [3.63, 3.8) is 0 Å². The second kappa shape index (κ2) is 7.45. The number of ether oxygens (including phenoxy) is 2. The van der Waals surface area contributed by atoms with Gasteiger partial charge in [-0.3, -0.25) is 4.79 Å².